The SMILES string of the molecule is Cc1cccc(C(=O)Cc2ccc(S(C)(=O)=O)cc2)n1. The van der Waals surface area contributed by atoms with E-state index in [2.05, 4.69) is 4.98 Å². The molecule has 0 spiro atoms. The van der Waals surface area contributed by atoms with Crippen LogP contribution in [-0.4, -0.2) is 25.4 Å². The standard InChI is InChI=1S/C15H15NO3S/c1-11-4-3-5-14(16-11)15(17)10-12-6-8-13(9-7-12)20(2,18)19/h3-9H,10H2,1-2H3. The Bertz CT molecular complexity index is 734. The Kier molecular flexibility index (Phi) is 3.99. The van der Waals surface area contributed by atoms with Crippen LogP contribution in [0.1, 0.15) is 21.7 Å². The van der Waals surface area contributed by atoms with Gasteiger partial charge < -0.3 is 0 Å². The van der Waals surface area contributed by atoms with Crippen LogP contribution >= 0.6 is 0 Å². The summed E-state index contributed by atoms with van der Waals surface area (Å²) in [6.07, 6.45) is 1.37. The van der Waals surface area contributed by atoms with Crippen molar-refractivity contribution in [2.24, 2.45) is 0 Å². The first-order valence-electron chi connectivity index (χ1n) is 6.12. The number of carbonyl (C=O) groups excluding carboxylic acids is 1. The third-order valence-electron chi connectivity index (χ3n) is 2.89. The minimum absolute atomic E-state index is 0.0826. The number of hydrogen-bond acceptors (Lipinski definition) is 4. The molecule has 4 nitrogen and oxygen atoms in total. The molecule has 1 aromatic carbocycles. The summed E-state index contributed by atoms with van der Waals surface area (Å²) in [4.78, 5) is 16.5. The second-order valence-electron chi connectivity index (χ2n) is 4.68. The van der Waals surface area contributed by atoms with Crippen LogP contribution in [0.2, 0.25) is 0 Å². The number of rotatable bonds is 4. The lowest BCUT2D eigenvalue weighted by Crippen LogP contribution is -2.07. The maximum absolute atomic E-state index is 12.1. The molecule has 0 saturated heterocycles. The van der Waals surface area contributed by atoms with Gasteiger partial charge in [0.2, 0.25) is 0 Å². The lowest BCUT2D eigenvalue weighted by atomic mass is 10.1. The maximum Gasteiger partial charge on any atom is 0.185 e. The lowest BCUT2D eigenvalue weighted by molar-refractivity contribution is 0.0988. The zero-order chi connectivity index (χ0) is 14.8. The Labute approximate surface area is 118 Å². The van der Waals surface area contributed by atoms with E-state index < -0.39 is 9.84 Å². The molecule has 0 radical (unpaired) electrons. The van der Waals surface area contributed by atoms with Crippen LogP contribution in [0.3, 0.4) is 0 Å². The van der Waals surface area contributed by atoms with Crippen molar-refractivity contribution in [3.05, 3.63) is 59.4 Å². The number of Topliss-reactive ketones (excluding diaryl/α,β-unsaturated/α-hetero) is 1. The highest BCUT2D eigenvalue weighted by molar-refractivity contribution is 7.90. The fourth-order valence-electron chi connectivity index (χ4n) is 1.83. The van der Waals surface area contributed by atoms with Crippen LogP contribution < -0.4 is 0 Å². The molecule has 1 heterocycles. The van der Waals surface area contributed by atoms with E-state index in [1.54, 1.807) is 24.3 Å². The van der Waals surface area contributed by atoms with E-state index in [0.717, 1.165) is 17.5 Å². The van der Waals surface area contributed by atoms with Crippen LogP contribution in [-0.2, 0) is 16.3 Å². The predicted molar refractivity (Wildman–Crippen MR) is 76.6 cm³/mol. The lowest BCUT2D eigenvalue weighted by Gasteiger charge is -2.03. The monoisotopic (exact) mass is 289 g/mol. The molecule has 0 aliphatic rings. The zero-order valence-corrected chi connectivity index (χ0v) is 12.1. The predicted octanol–water partition coefficient (Wildman–Crippen LogP) is 2.22. The van der Waals surface area contributed by atoms with Gasteiger partial charge in [-0.15, -0.1) is 0 Å². The molecule has 0 aliphatic carbocycles. The first-order chi connectivity index (χ1) is 9.36. The number of hydrogen-bond donors (Lipinski definition) is 0. The Morgan fingerprint density at radius 3 is 2.30 bits per heavy atom. The van der Waals surface area contributed by atoms with Gasteiger partial charge in [0.1, 0.15) is 5.69 Å². The number of sulfone groups is 1. The fourth-order valence-corrected chi connectivity index (χ4v) is 2.46. The largest absolute Gasteiger partial charge is 0.292 e. The van der Waals surface area contributed by atoms with Crippen LogP contribution in [0.25, 0.3) is 0 Å². The summed E-state index contributed by atoms with van der Waals surface area (Å²) in [5, 5.41) is 0. The number of ketones is 1. The molecule has 20 heavy (non-hydrogen) atoms. The summed E-state index contributed by atoms with van der Waals surface area (Å²) >= 11 is 0. The quantitative estimate of drug-likeness (QED) is 0.810. The smallest absolute Gasteiger partial charge is 0.185 e. The number of aryl methyl sites for hydroxylation is 1. The van der Waals surface area contributed by atoms with Crippen molar-refractivity contribution in [1.29, 1.82) is 0 Å². The van der Waals surface area contributed by atoms with Crippen LogP contribution in [0.5, 0.6) is 0 Å². The second kappa shape index (κ2) is 5.54. The van der Waals surface area contributed by atoms with Crippen molar-refractivity contribution in [3.8, 4) is 0 Å². The Balaban J connectivity index is 2.16. The molecule has 2 aromatic rings. The Morgan fingerprint density at radius 1 is 1.10 bits per heavy atom. The molecule has 0 bridgehead atoms. The van der Waals surface area contributed by atoms with Crippen LogP contribution in [0, 0.1) is 6.92 Å². The van der Waals surface area contributed by atoms with Crippen molar-refractivity contribution < 1.29 is 13.2 Å². The van der Waals surface area contributed by atoms with Gasteiger partial charge in [-0.2, -0.15) is 0 Å². The van der Waals surface area contributed by atoms with Gasteiger partial charge >= 0.3 is 0 Å². The third-order valence-corrected chi connectivity index (χ3v) is 4.02. The van der Waals surface area contributed by atoms with E-state index in [-0.39, 0.29) is 17.1 Å². The molecule has 0 amide bonds. The average molecular weight is 289 g/mol. The van der Waals surface area contributed by atoms with E-state index in [4.69, 9.17) is 0 Å². The van der Waals surface area contributed by atoms with Gasteiger partial charge in [-0.1, -0.05) is 18.2 Å². The molecule has 1 aromatic heterocycles. The van der Waals surface area contributed by atoms with E-state index in [1.807, 2.05) is 13.0 Å². The first-order valence-corrected chi connectivity index (χ1v) is 8.01. The van der Waals surface area contributed by atoms with E-state index in [9.17, 15) is 13.2 Å². The summed E-state index contributed by atoms with van der Waals surface area (Å²) in [7, 11) is -3.20. The Hall–Kier alpha value is -2.01. The highest BCUT2D eigenvalue weighted by Crippen LogP contribution is 2.12. The highest BCUT2D eigenvalue weighted by Gasteiger charge is 2.10. The van der Waals surface area contributed by atoms with Gasteiger partial charge in [-0.25, -0.2) is 8.42 Å². The second-order valence-corrected chi connectivity index (χ2v) is 6.70. The van der Waals surface area contributed by atoms with Gasteiger partial charge in [0, 0.05) is 18.4 Å². The molecule has 104 valence electrons. The molecule has 0 N–H and O–H groups in total. The number of nitrogens with zero attached hydrogens (tertiary/aromatic N) is 1. The molecular weight excluding hydrogens is 274 g/mol. The molecule has 0 saturated carbocycles. The summed E-state index contributed by atoms with van der Waals surface area (Å²) < 4.78 is 22.7. The van der Waals surface area contributed by atoms with Gasteiger partial charge in [-0.05, 0) is 36.8 Å². The van der Waals surface area contributed by atoms with Crippen molar-refractivity contribution in [2.45, 2.75) is 18.2 Å². The molecule has 5 heteroatoms. The molecule has 0 unspecified atom stereocenters. The van der Waals surface area contributed by atoms with E-state index in [1.165, 1.54) is 12.1 Å². The van der Waals surface area contributed by atoms with Gasteiger partial charge in [0.15, 0.2) is 15.6 Å². The number of benzene rings is 1. The Morgan fingerprint density at radius 2 is 1.75 bits per heavy atom. The summed E-state index contributed by atoms with van der Waals surface area (Å²) in [6.45, 7) is 1.83. The van der Waals surface area contributed by atoms with Gasteiger partial charge in [-0.3, -0.25) is 9.78 Å². The summed E-state index contributed by atoms with van der Waals surface area (Å²) in [6, 6.07) is 11.7. The van der Waals surface area contributed by atoms with E-state index >= 15 is 0 Å². The number of carbonyl (C=O) groups is 1. The van der Waals surface area contributed by atoms with Crippen molar-refractivity contribution in [2.75, 3.05) is 6.26 Å². The highest BCUT2D eigenvalue weighted by atomic mass is 32.2. The number of aromatic nitrogens is 1. The zero-order valence-electron chi connectivity index (χ0n) is 11.3. The minimum Gasteiger partial charge on any atom is -0.292 e. The average Bonchev–Trinajstić information content (AvgIpc) is 2.38. The van der Waals surface area contributed by atoms with Crippen LogP contribution in [0.4, 0.5) is 0 Å². The first kappa shape index (κ1) is 14.4. The van der Waals surface area contributed by atoms with E-state index in [0.29, 0.717) is 5.69 Å². The van der Waals surface area contributed by atoms with Gasteiger partial charge in [0.25, 0.3) is 0 Å². The number of pyridine rings is 1. The van der Waals surface area contributed by atoms with Crippen molar-refractivity contribution in [1.82, 2.24) is 4.98 Å². The van der Waals surface area contributed by atoms with Crippen LogP contribution in [0.15, 0.2) is 47.4 Å². The molecule has 0 fully saturated rings. The molecule has 2 rings (SSSR count). The van der Waals surface area contributed by atoms with Crippen molar-refractivity contribution >= 4 is 15.6 Å². The third kappa shape index (κ3) is 3.51. The molecule has 0 aliphatic heterocycles. The fraction of sp³-hybridized carbons (Fsp3) is 0.200. The molecule has 0 atom stereocenters. The van der Waals surface area contributed by atoms with Crippen molar-refractivity contribution in [3.63, 3.8) is 0 Å². The molecular formula is C15H15NO3S. The normalized spacial score (nSPS) is 11.3. The van der Waals surface area contributed by atoms with Gasteiger partial charge in [0.05, 0.1) is 4.90 Å². The topological polar surface area (TPSA) is 64.1 Å². The maximum atomic E-state index is 12.1. The minimum atomic E-state index is -3.20. The summed E-state index contributed by atoms with van der Waals surface area (Å²) in [5.41, 5.74) is 1.99. The summed E-state index contributed by atoms with van der Waals surface area (Å²) in [5.74, 6) is -0.0826.